The molecule has 0 fully saturated rings. The van der Waals surface area contributed by atoms with Crippen LogP contribution in [0.2, 0.25) is 0 Å². The Labute approximate surface area is 363 Å². The summed E-state index contributed by atoms with van der Waals surface area (Å²) < 4.78 is 7.43. The summed E-state index contributed by atoms with van der Waals surface area (Å²) in [5.41, 5.74) is 11.6. The number of thioether (sulfide) groups is 1. The van der Waals surface area contributed by atoms with E-state index in [-0.39, 0.29) is 28.6 Å². The molecule has 5 atom stereocenters. The highest BCUT2D eigenvalue weighted by atomic mass is 32.2. The van der Waals surface area contributed by atoms with Crippen molar-refractivity contribution < 1.29 is 4.74 Å². The molecule has 0 saturated heterocycles. The number of nitrogens with zero attached hydrogens (tertiary/aromatic N) is 1. The Hall–Kier alpha value is -6.29. The summed E-state index contributed by atoms with van der Waals surface area (Å²) in [7, 11) is 0. The van der Waals surface area contributed by atoms with Gasteiger partial charge in [-0.15, -0.1) is 11.8 Å². The Balaban J connectivity index is 0.971. The lowest BCUT2D eigenvalue weighted by Crippen LogP contribution is -2.32. The highest BCUT2D eigenvalue weighted by molar-refractivity contribution is 8.00. The van der Waals surface area contributed by atoms with Gasteiger partial charge in [0.05, 0.1) is 5.25 Å². The van der Waals surface area contributed by atoms with Gasteiger partial charge in [0.2, 0.25) is 0 Å². The van der Waals surface area contributed by atoms with E-state index in [4.69, 9.17) is 4.74 Å². The maximum atomic E-state index is 7.43. The normalized spacial score (nSPS) is 24.4. The smallest absolute Gasteiger partial charge is 0.130 e. The summed E-state index contributed by atoms with van der Waals surface area (Å²) >= 11 is 1.99. The molecular formula is C58H47NOS. The standard InChI is InChI=1S/C58H47NOS/c1-36-17-15-19-38(49-33-37-18-7-8-22-41(37)42-23-9-10-24-43(42)49)35-58(2,3)55-46-27-12-11-26-45(46)54-48-32-31-40(34-51(48)60-56(54)53(36)55)59(39-20-5-4-6-21-39)50-29-16-28-47-44-25-13-14-30-52(44)61-57(47)50/h4-34,36,47-48,51,57H,35H2,1-3H3/b17-15-,38-19+/t36-,47?,48?,51?,57?/m0/s1. The molecule has 0 aromatic heterocycles. The van der Waals surface area contributed by atoms with E-state index >= 15 is 0 Å². The van der Waals surface area contributed by atoms with Crippen molar-refractivity contribution in [1.82, 2.24) is 0 Å². The first kappa shape index (κ1) is 36.6. The van der Waals surface area contributed by atoms with Crippen molar-refractivity contribution in [3.8, 4) is 5.75 Å². The fourth-order valence-corrected chi connectivity index (χ4v) is 12.7. The maximum Gasteiger partial charge on any atom is 0.130 e. The third-order valence-electron chi connectivity index (χ3n) is 13.8. The molecule has 12 rings (SSSR count). The zero-order chi connectivity index (χ0) is 40.8. The molecular weight excluding hydrogens is 759 g/mol. The van der Waals surface area contributed by atoms with Gasteiger partial charge in [0.1, 0.15) is 11.9 Å². The maximum absolute atomic E-state index is 7.43. The van der Waals surface area contributed by atoms with Crippen LogP contribution in [0.3, 0.4) is 0 Å². The Morgan fingerprint density at radius 1 is 0.656 bits per heavy atom. The molecule has 0 saturated carbocycles. The highest BCUT2D eigenvalue weighted by Gasteiger charge is 2.43. The lowest BCUT2D eigenvalue weighted by Gasteiger charge is -2.36. The summed E-state index contributed by atoms with van der Waals surface area (Å²) in [6.45, 7) is 7.27. The van der Waals surface area contributed by atoms with Crippen molar-refractivity contribution >= 4 is 55.3 Å². The van der Waals surface area contributed by atoms with E-state index in [0.29, 0.717) is 5.92 Å². The van der Waals surface area contributed by atoms with Gasteiger partial charge in [0.15, 0.2) is 0 Å². The van der Waals surface area contributed by atoms with Crippen LogP contribution in [0.1, 0.15) is 72.8 Å². The molecule has 7 aromatic rings. The zero-order valence-electron chi connectivity index (χ0n) is 34.8. The van der Waals surface area contributed by atoms with Crippen molar-refractivity contribution in [2.45, 2.75) is 66.6 Å². The van der Waals surface area contributed by atoms with Crippen LogP contribution in [0, 0.1) is 0 Å². The Morgan fingerprint density at radius 3 is 2.21 bits per heavy atom. The number of ether oxygens (including phenoxy) is 1. The molecule has 2 nitrogen and oxygen atoms in total. The van der Waals surface area contributed by atoms with Gasteiger partial charge < -0.3 is 9.64 Å². The molecule has 0 amide bonds. The number of hydrogen-bond acceptors (Lipinski definition) is 3. The molecule has 0 N–H and O–H groups in total. The van der Waals surface area contributed by atoms with E-state index in [9.17, 15) is 0 Å². The molecule has 5 aliphatic rings. The molecule has 4 unspecified atom stereocenters. The summed E-state index contributed by atoms with van der Waals surface area (Å²) in [5, 5.41) is 8.12. The van der Waals surface area contributed by atoms with E-state index in [0.717, 1.165) is 17.9 Å². The van der Waals surface area contributed by atoms with Crippen molar-refractivity contribution in [1.29, 1.82) is 0 Å². The van der Waals surface area contributed by atoms with Crippen molar-refractivity contribution in [3.05, 3.63) is 227 Å². The quantitative estimate of drug-likeness (QED) is 0.164. The van der Waals surface area contributed by atoms with Crippen LogP contribution in [0.15, 0.2) is 204 Å². The number of anilines is 1. The first-order chi connectivity index (χ1) is 29.9. The minimum atomic E-state index is -0.213. The summed E-state index contributed by atoms with van der Waals surface area (Å²) in [6, 6.07) is 49.1. The van der Waals surface area contributed by atoms with Gasteiger partial charge in [-0.1, -0.05) is 166 Å². The third kappa shape index (κ3) is 5.77. The average molecular weight is 806 g/mol. The van der Waals surface area contributed by atoms with Gasteiger partial charge in [-0.3, -0.25) is 0 Å². The minimum absolute atomic E-state index is 0.106. The molecule has 3 heteroatoms. The minimum Gasteiger partial charge on any atom is -0.485 e. The highest BCUT2D eigenvalue weighted by Crippen LogP contribution is 2.57. The van der Waals surface area contributed by atoms with E-state index in [2.05, 4.69) is 214 Å². The van der Waals surface area contributed by atoms with E-state index in [1.165, 1.54) is 82.0 Å². The average Bonchev–Trinajstić information content (AvgIpc) is 3.88. The van der Waals surface area contributed by atoms with Gasteiger partial charge in [0.25, 0.3) is 0 Å². The molecule has 296 valence electrons. The lowest BCUT2D eigenvalue weighted by atomic mass is 9.70. The number of allylic oxidation sites excluding steroid dienone is 8. The monoisotopic (exact) mass is 805 g/mol. The molecule has 7 aromatic carbocycles. The Bertz CT molecular complexity index is 3140. The lowest BCUT2D eigenvalue weighted by molar-refractivity contribution is 0.264. The Kier molecular flexibility index (Phi) is 8.48. The summed E-state index contributed by atoms with van der Waals surface area (Å²) in [5.74, 6) is 1.66. The summed E-state index contributed by atoms with van der Waals surface area (Å²) in [6.07, 6.45) is 22.0. The molecule has 2 aliphatic heterocycles. The first-order valence-electron chi connectivity index (χ1n) is 21.9. The topological polar surface area (TPSA) is 12.5 Å². The SMILES string of the molecule is C[C@H]1/C=C\C=C(\c2cc3ccccc3c3ccccc23)CC(C)(C)c2c1c1c(c3ccccc23)C2C=CC(N(C3=CC=CC4c5ccccc5SC34)c3ccccc3)=CC2O1. The number of hydrogen-bond donors (Lipinski definition) is 0. The third-order valence-corrected chi connectivity index (χ3v) is 15.3. The van der Waals surface area contributed by atoms with Gasteiger partial charge in [-0.05, 0) is 109 Å². The molecule has 0 spiro atoms. The van der Waals surface area contributed by atoms with Gasteiger partial charge in [0, 0.05) is 50.9 Å². The van der Waals surface area contributed by atoms with E-state index in [1.807, 2.05) is 11.8 Å². The summed E-state index contributed by atoms with van der Waals surface area (Å²) in [4.78, 5) is 3.87. The van der Waals surface area contributed by atoms with E-state index < -0.39 is 0 Å². The molecule has 0 bridgehead atoms. The van der Waals surface area contributed by atoms with E-state index in [1.54, 1.807) is 0 Å². The van der Waals surface area contributed by atoms with Crippen LogP contribution in [0.5, 0.6) is 5.75 Å². The van der Waals surface area contributed by atoms with Crippen LogP contribution < -0.4 is 9.64 Å². The van der Waals surface area contributed by atoms with Gasteiger partial charge >= 0.3 is 0 Å². The first-order valence-corrected chi connectivity index (χ1v) is 22.7. The molecule has 61 heavy (non-hydrogen) atoms. The number of benzene rings is 7. The van der Waals surface area contributed by atoms with Crippen molar-refractivity contribution in [2.24, 2.45) is 0 Å². The van der Waals surface area contributed by atoms with Crippen LogP contribution in [-0.2, 0) is 5.41 Å². The predicted octanol–water partition coefficient (Wildman–Crippen LogP) is 15.1. The second-order valence-corrected chi connectivity index (χ2v) is 19.2. The van der Waals surface area contributed by atoms with Gasteiger partial charge in [-0.25, -0.2) is 0 Å². The Morgan fingerprint density at radius 2 is 1.36 bits per heavy atom. The molecule has 3 aliphatic carbocycles. The van der Waals surface area contributed by atoms with Crippen LogP contribution in [0.25, 0.3) is 37.9 Å². The van der Waals surface area contributed by atoms with Gasteiger partial charge in [-0.2, -0.15) is 0 Å². The largest absolute Gasteiger partial charge is 0.485 e. The zero-order valence-corrected chi connectivity index (χ0v) is 35.6. The van der Waals surface area contributed by atoms with Crippen LogP contribution in [0.4, 0.5) is 5.69 Å². The number of fused-ring (bicyclic) bond motifs is 14. The predicted molar refractivity (Wildman–Crippen MR) is 258 cm³/mol. The number of para-hydroxylation sites is 1. The second kappa shape index (κ2) is 14.1. The fourth-order valence-electron chi connectivity index (χ4n) is 11.2. The van der Waals surface area contributed by atoms with Crippen molar-refractivity contribution in [2.75, 3.05) is 4.90 Å². The van der Waals surface area contributed by atoms with Crippen LogP contribution >= 0.6 is 11.8 Å². The fraction of sp³-hybridized carbons (Fsp3) is 0.172. The van der Waals surface area contributed by atoms with Crippen molar-refractivity contribution in [3.63, 3.8) is 0 Å². The molecule has 2 heterocycles. The number of rotatable bonds is 4. The second-order valence-electron chi connectivity index (χ2n) is 18.0. The molecule has 0 radical (unpaired) electrons. The van der Waals surface area contributed by atoms with Crippen LogP contribution in [-0.4, -0.2) is 11.4 Å².